The van der Waals surface area contributed by atoms with E-state index in [1.54, 1.807) is 12.1 Å². The van der Waals surface area contributed by atoms with E-state index < -0.39 is 23.8 Å². The molecule has 1 N–H and O–H groups in total. The Labute approximate surface area is 149 Å². The standard InChI is InChI=1S/C17H11ClF3NO4/c18-12-4-5-13-9(11(12)8-22-6-2-1-3-14(22)23)7-10(16(24)25)15(26-13)17(19,20)21/h1-7,15H,8H2,(H,24,25). The zero-order valence-corrected chi connectivity index (χ0v) is 13.7. The number of rotatable bonds is 3. The Bertz CT molecular complexity index is 965. The van der Waals surface area contributed by atoms with E-state index >= 15 is 0 Å². The van der Waals surface area contributed by atoms with E-state index in [0.29, 0.717) is 0 Å². The lowest BCUT2D eigenvalue weighted by Gasteiger charge is -2.28. The predicted molar refractivity (Wildman–Crippen MR) is 87.3 cm³/mol. The van der Waals surface area contributed by atoms with Crippen molar-refractivity contribution in [1.82, 2.24) is 4.57 Å². The van der Waals surface area contributed by atoms with Crippen molar-refractivity contribution < 1.29 is 27.8 Å². The molecule has 1 aromatic carbocycles. The van der Waals surface area contributed by atoms with Crippen molar-refractivity contribution in [2.24, 2.45) is 0 Å². The summed E-state index contributed by atoms with van der Waals surface area (Å²) in [6, 6.07) is 7.05. The van der Waals surface area contributed by atoms with Crippen LogP contribution in [0.4, 0.5) is 13.2 Å². The quantitative estimate of drug-likeness (QED) is 0.880. The summed E-state index contributed by atoms with van der Waals surface area (Å²) in [6.07, 6.45) is -5.09. The number of aromatic nitrogens is 1. The first-order valence-corrected chi connectivity index (χ1v) is 7.71. The fourth-order valence-corrected chi connectivity index (χ4v) is 2.86. The molecule has 26 heavy (non-hydrogen) atoms. The van der Waals surface area contributed by atoms with Crippen LogP contribution in [0.25, 0.3) is 6.08 Å². The summed E-state index contributed by atoms with van der Waals surface area (Å²) < 4.78 is 45.6. The highest BCUT2D eigenvalue weighted by Crippen LogP contribution is 2.40. The first kappa shape index (κ1) is 18.1. The molecule has 136 valence electrons. The Morgan fingerprint density at radius 3 is 2.62 bits per heavy atom. The SMILES string of the molecule is O=C(O)C1=Cc2c(ccc(Cl)c2Cn2ccccc2=O)OC1C(F)(F)F. The lowest BCUT2D eigenvalue weighted by molar-refractivity contribution is -0.187. The number of aliphatic carboxylic acids is 1. The fourth-order valence-electron chi connectivity index (χ4n) is 2.64. The number of carboxylic acid groups (broad SMARTS) is 1. The molecule has 1 aromatic heterocycles. The number of pyridine rings is 1. The molecule has 3 rings (SSSR count). The molecule has 0 bridgehead atoms. The molecule has 2 heterocycles. The normalized spacial score (nSPS) is 16.5. The minimum atomic E-state index is -4.89. The second kappa shape index (κ2) is 6.53. The first-order chi connectivity index (χ1) is 12.2. The Hall–Kier alpha value is -2.74. The number of fused-ring (bicyclic) bond motifs is 1. The maximum atomic E-state index is 13.1. The first-order valence-electron chi connectivity index (χ1n) is 7.33. The third kappa shape index (κ3) is 3.32. The highest BCUT2D eigenvalue weighted by molar-refractivity contribution is 6.31. The molecule has 1 unspecified atom stereocenters. The van der Waals surface area contributed by atoms with Gasteiger partial charge in [0.05, 0.1) is 12.1 Å². The van der Waals surface area contributed by atoms with Crippen molar-refractivity contribution in [1.29, 1.82) is 0 Å². The van der Waals surface area contributed by atoms with Gasteiger partial charge in [0.1, 0.15) is 5.75 Å². The highest BCUT2D eigenvalue weighted by atomic mass is 35.5. The van der Waals surface area contributed by atoms with Crippen LogP contribution in [0.5, 0.6) is 5.75 Å². The number of carboxylic acids is 1. The monoisotopic (exact) mass is 385 g/mol. The Morgan fingerprint density at radius 2 is 2.00 bits per heavy atom. The van der Waals surface area contributed by atoms with Crippen LogP contribution in [0, 0.1) is 0 Å². The van der Waals surface area contributed by atoms with Crippen LogP contribution in [0.2, 0.25) is 5.02 Å². The minimum Gasteiger partial charge on any atom is -0.478 e. The van der Waals surface area contributed by atoms with Crippen LogP contribution in [-0.2, 0) is 11.3 Å². The number of halogens is 4. The van der Waals surface area contributed by atoms with Crippen molar-refractivity contribution in [3.05, 3.63) is 68.6 Å². The average molecular weight is 386 g/mol. The van der Waals surface area contributed by atoms with Crippen LogP contribution in [-0.4, -0.2) is 27.9 Å². The van der Waals surface area contributed by atoms with Crippen LogP contribution in [0.3, 0.4) is 0 Å². The summed E-state index contributed by atoms with van der Waals surface area (Å²) in [7, 11) is 0. The van der Waals surface area contributed by atoms with Crippen molar-refractivity contribution in [2.75, 3.05) is 0 Å². The van der Waals surface area contributed by atoms with Gasteiger partial charge in [0, 0.05) is 28.4 Å². The van der Waals surface area contributed by atoms with Crippen LogP contribution < -0.4 is 10.3 Å². The van der Waals surface area contributed by atoms with E-state index in [4.69, 9.17) is 21.4 Å². The van der Waals surface area contributed by atoms with E-state index in [0.717, 1.165) is 6.08 Å². The molecule has 5 nitrogen and oxygen atoms in total. The zero-order chi connectivity index (χ0) is 19.1. The third-order valence-electron chi connectivity index (χ3n) is 3.86. The van der Waals surface area contributed by atoms with Gasteiger partial charge in [0.2, 0.25) is 6.10 Å². The Morgan fingerprint density at radius 1 is 1.27 bits per heavy atom. The third-order valence-corrected chi connectivity index (χ3v) is 4.21. The summed E-state index contributed by atoms with van der Waals surface area (Å²) in [5, 5.41) is 9.33. The topological polar surface area (TPSA) is 68.5 Å². The molecule has 0 saturated heterocycles. The summed E-state index contributed by atoms with van der Waals surface area (Å²) >= 11 is 6.15. The minimum absolute atomic E-state index is 0.0505. The van der Waals surface area contributed by atoms with Gasteiger partial charge in [-0.25, -0.2) is 4.79 Å². The number of hydrogen-bond donors (Lipinski definition) is 1. The van der Waals surface area contributed by atoms with E-state index in [-0.39, 0.29) is 34.0 Å². The average Bonchev–Trinajstić information content (AvgIpc) is 2.57. The van der Waals surface area contributed by atoms with E-state index in [2.05, 4.69) is 0 Å². The van der Waals surface area contributed by atoms with Gasteiger partial charge in [-0.15, -0.1) is 0 Å². The molecular formula is C17H11ClF3NO4. The molecule has 1 aliphatic heterocycles. The molecular weight excluding hydrogens is 375 g/mol. The molecule has 1 aliphatic rings. The van der Waals surface area contributed by atoms with Gasteiger partial charge in [-0.2, -0.15) is 13.2 Å². The van der Waals surface area contributed by atoms with Gasteiger partial charge in [-0.3, -0.25) is 4.79 Å². The fraction of sp³-hybridized carbons (Fsp3) is 0.176. The Kier molecular flexibility index (Phi) is 4.53. The molecule has 0 radical (unpaired) electrons. The Balaban J connectivity index is 2.15. The van der Waals surface area contributed by atoms with E-state index in [1.807, 2.05) is 0 Å². The summed E-state index contributed by atoms with van der Waals surface area (Å²) in [5.41, 5.74) is -0.898. The smallest absolute Gasteiger partial charge is 0.430 e. The van der Waals surface area contributed by atoms with E-state index in [1.165, 1.54) is 29.0 Å². The van der Waals surface area contributed by atoms with E-state index in [9.17, 15) is 22.8 Å². The number of hydrogen-bond acceptors (Lipinski definition) is 3. The lowest BCUT2D eigenvalue weighted by atomic mass is 9.97. The van der Waals surface area contributed by atoms with Crippen molar-refractivity contribution in [2.45, 2.75) is 18.8 Å². The summed E-state index contributed by atoms with van der Waals surface area (Å²) in [6.45, 7) is -0.0505. The number of ether oxygens (including phenoxy) is 1. The molecule has 0 amide bonds. The lowest BCUT2D eigenvalue weighted by Crippen LogP contribution is -2.40. The van der Waals surface area contributed by atoms with Crippen molar-refractivity contribution in [3.63, 3.8) is 0 Å². The zero-order valence-electron chi connectivity index (χ0n) is 13.0. The van der Waals surface area contributed by atoms with Crippen molar-refractivity contribution >= 4 is 23.6 Å². The maximum absolute atomic E-state index is 13.1. The molecule has 0 saturated carbocycles. The molecule has 1 atom stereocenters. The number of nitrogens with zero attached hydrogens (tertiary/aromatic N) is 1. The van der Waals surface area contributed by atoms with Gasteiger partial charge in [0.25, 0.3) is 5.56 Å². The van der Waals surface area contributed by atoms with Gasteiger partial charge in [-0.1, -0.05) is 17.7 Å². The van der Waals surface area contributed by atoms with Crippen LogP contribution >= 0.6 is 11.6 Å². The van der Waals surface area contributed by atoms with Gasteiger partial charge in [0.15, 0.2) is 0 Å². The number of carbonyl (C=O) groups is 1. The number of benzene rings is 1. The molecule has 2 aromatic rings. The molecule has 0 fully saturated rings. The molecule has 0 spiro atoms. The van der Waals surface area contributed by atoms with Gasteiger partial charge >= 0.3 is 12.1 Å². The van der Waals surface area contributed by atoms with Crippen LogP contribution in [0.15, 0.2) is 46.9 Å². The van der Waals surface area contributed by atoms with Gasteiger partial charge < -0.3 is 14.4 Å². The van der Waals surface area contributed by atoms with Crippen LogP contribution in [0.1, 0.15) is 11.1 Å². The molecule has 0 aliphatic carbocycles. The van der Waals surface area contributed by atoms with Gasteiger partial charge in [-0.05, 0) is 24.3 Å². The number of alkyl halides is 3. The van der Waals surface area contributed by atoms with Crippen molar-refractivity contribution in [3.8, 4) is 5.75 Å². The highest BCUT2D eigenvalue weighted by Gasteiger charge is 2.48. The largest absolute Gasteiger partial charge is 0.478 e. The molecule has 9 heteroatoms. The second-order valence-electron chi connectivity index (χ2n) is 5.55. The predicted octanol–water partition coefficient (Wildman–Crippen LogP) is 3.34. The summed E-state index contributed by atoms with van der Waals surface area (Å²) in [5.74, 6) is -1.90. The maximum Gasteiger partial charge on any atom is 0.430 e. The second-order valence-corrected chi connectivity index (χ2v) is 5.96. The summed E-state index contributed by atoms with van der Waals surface area (Å²) in [4.78, 5) is 23.2.